The van der Waals surface area contributed by atoms with Crippen LogP contribution < -0.4 is 16.0 Å². The third-order valence-corrected chi connectivity index (χ3v) is 12.0. The molecule has 2 aromatic carbocycles. The lowest BCUT2D eigenvalue weighted by atomic mass is 9.99. The summed E-state index contributed by atoms with van der Waals surface area (Å²) in [6.07, 6.45) is 2.01. The van der Waals surface area contributed by atoms with E-state index in [0.29, 0.717) is 83.3 Å². The lowest BCUT2D eigenvalue weighted by molar-refractivity contribution is -0.123. The number of thiophene rings is 1. The van der Waals surface area contributed by atoms with Crippen LogP contribution in [-0.4, -0.2) is 114 Å². The number of piperidine rings is 1. The fourth-order valence-corrected chi connectivity index (χ4v) is 8.74. The Morgan fingerprint density at radius 2 is 1.59 bits per heavy atom. The summed E-state index contributed by atoms with van der Waals surface area (Å²) in [4.78, 5) is 58.5. The Labute approximate surface area is 347 Å². The van der Waals surface area contributed by atoms with Crippen molar-refractivity contribution in [3.05, 3.63) is 92.4 Å². The molecule has 0 radical (unpaired) electrons. The first kappa shape index (κ1) is 41.9. The number of likely N-dealkylation sites (tertiary alicyclic amines) is 1. The van der Waals surface area contributed by atoms with Gasteiger partial charge in [0, 0.05) is 59.4 Å². The third kappa shape index (κ3) is 10.1. The molecule has 3 N–H and O–H groups in total. The smallest absolute Gasteiger partial charge is 0.253 e. The highest BCUT2D eigenvalue weighted by Gasteiger charge is 2.32. The number of aliphatic imine (C=N–C) groups is 1. The van der Waals surface area contributed by atoms with Gasteiger partial charge in [-0.2, -0.15) is 0 Å². The molecule has 16 heteroatoms. The molecule has 15 nitrogen and oxygen atoms in total. The average Bonchev–Trinajstić information content (AvgIpc) is 3.86. The Bertz CT molecular complexity index is 2210. The normalized spacial score (nSPS) is 16.1. The zero-order chi connectivity index (χ0) is 41.5. The predicted octanol–water partition coefficient (Wildman–Crippen LogP) is 4.32. The van der Waals surface area contributed by atoms with E-state index in [0.717, 1.165) is 50.0 Å². The van der Waals surface area contributed by atoms with Crippen molar-refractivity contribution >= 4 is 46.4 Å². The highest BCUT2D eigenvalue weighted by Crippen LogP contribution is 2.39. The second kappa shape index (κ2) is 19.2. The number of hydrogen-bond donors (Lipinski definition) is 3. The molecule has 1 saturated heterocycles. The molecule has 3 aliphatic heterocycles. The number of benzene rings is 2. The minimum absolute atomic E-state index is 0.00889. The summed E-state index contributed by atoms with van der Waals surface area (Å²) < 4.78 is 18.9. The van der Waals surface area contributed by atoms with Crippen molar-refractivity contribution < 1.29 is 33.4 Å². The topological polar surface area (TPSA) is 178 Å². The second-order valence-electron chi connectivity index (χ2n) is 15.1. The maximum atomic E-state index is 13.2. The molecule has 0 spiro atoms. The third-order valence-electron chi connectivity index (χ3n) is 10.9. The minimum Gasteiger partial charge on any atom is -0.379 e. The van der Waals surface area contributed by atoms with Crippen LogP contribution in [0.3, 0.4) is 0 Å². The van der Waals surface area contributed by atoms with E-state index in [9.17, 15) is 19.2 Å². The van der Waals surface area contributed by atoms with Crippen LogP contribution in [0, 0.1) is 27.7 Å². The van der Waals surface area contributed by atoms with Gasteiger partial charge in [0.05, 0.1) is 58.2 Å². The minimum atomic E-state index is -0.518. The molecule has 59 heavy (non-hydrogen) atoms. The zero-order valence-corrected chi connectivity index (χ0v) is 34.9. The van der Waals surface area contributed by atoms with Crippen molar-refractivity contribution in [2.45, 2.75) is 71.9 Å². The molecule has 4 amide bonds. The Morgan fingerprint density at radius 3 is 2.34 bits per heavy atom. The number of amides is 4. The summed E-state index contributed by atoms with van der Waals surface area (Å²) in [6.45, 7) is 11.7. The van der Waals surface area contributed by atoms with Gasteiger partial charge in [-0.1, -0.05) is 29.8 Å². The number of anilines is 1. The van der Waals surface area contributed by atoms with Gasteiger partial charge in [-0.3, -0.25) is 28.7 Å². The number of ether oxygens (including phenoxy) is 3. The summed E-state index contributed by atoms with van der Waals surface area (Å²) in [5.41, 5.74) is 7.42. The van der Waals surface area contributed by atoms with Gasteiger partial charge in [-0.15, -0.1) is 21.5 Å². The van der Waals surface area contributed by atoms with Crippen LogP contribution in [0.25, 0.3) is 5.00 Å². The van der Waals surface area contributed by atoms with Gasteiger partial charge in [0.25, 0.3) is 5.91 Å². The van der Waals surface area contributed by atoms with E-state index >= 15 is 0 Å². The van der Waals surface area contributed by atoms with E-state index < -0.39 is 6.04 Å². The van der Waals surface area contributed by atoms with Crippen molar-refractivity contribution in [3.63, 3.8) is 0 Å². The molecule has 312 valence electrons. The highest BCUT2D eigenvalue weighted by atomic mass is 32.1. The van der Waals surface area contributed by atoms with E-state index in [1.54, 1.807) is 34.4 Å². The van der Waals surface area contributed by atoms with Crippen LogP contribution in [0.4, 0.5) is 5.69 Å². The van der Waals surface area contributed by atoms with Crippen molar-refractivity contribution in [1.82, 2.24) is 30.3 Å². The number of fused-ring (bicyclic) bond motifs is 4. The van der Waals surface area contributed by atoms with Crippen molar-refractivity contribution in [3.8, 4) is 5.00 Å². The predicted molar refractivity (Wildman–Crippen MR) is 224 cm³/mol. The second-order valence-corrected chi connectivity index (χ2v) is 16.3. The fourth-order valence-electron chi connectivity index (χ4n) is 7.52. The van der Waals surface area contributed by atoms with Gasteiger partial charge >= 0.3 is 0 Å². The van der Waals surface area contributed by atoms with Crippen LogP contribution in [0.2, 0.25) is 0 Å². The molecule has 1 fully saturated rings. The van der Waals surface area contributed by atoms with E-state index in [2.05, 4.69) is 71.2 Å². The maximum Gasteiger partial charge on any atom is 0.253 e. The number of aryl methyl sites for hydroxylation is 3. The molecule has 4 aromatic rings. The highest BCUT2D eigenvalue weighted by molar-refractivity contribution is 7.15. The summed E-state index contributed by atoms with van der Waals surface area (Å²) in [5.74, 6) is 1.05. The molecule has 0 bridgehead atoms. The van der Waals surface area contributed by atoms with E-state index in [4.69, 9.17) is 19.2 Å². The Hall–Kier alpha value is -5.29. The molecule has 3 aliphatic rings. The summed E-state index contributed by atoms with van der Waals surface area (Å²) in [6, 6.07) is 13.1. The van der Waals surface area contributed by atoms with Gasteiger partial charge < -0.3 is 35.1 Å². The number of carbonyl (C=O) groups excluding carboxylic acids is 4. The molecule has 0 aliphatic carbocycles. The lowest BCUT2D eigenvalue weighted by Gasteiger charge is -2.32. The molecule has 5 heterocycles. The van der Waals surface area contributed by atoms with Gasteiger partial charge in [0.1, 0.15) is 16.9 Å². The van der Waals surface area contributed by atoms with Crippen LogP contribution in [-0.2, 0) is 35.0 Å². The summed E-state index contributed by atoms with van der Waals surface area (Å²) in [5, 5.41) is 18.7. The molecule has 0 unspecified atom stereocenters. The lowest BCUT2D eigenvalue weighted by Crippen LogP contribution is -2.46. The maximum absolute atomic E-state index is 13.2. The molecular weight excluding hydrogens is 773 g/mol. The van der Waals surface area contributed by atoms with Crippen molar-refractivity contribution in [2.24, 2.45) is 4.99 Å². The first-order valence-corrected chi connectivity index (χ1v) is 21.1. The molecule has 2 aromatic heterocycles. The van der Waals surface area contributed by atoms with Gasteiger partial charge in [0.15, 0.2) is 5.82 Å². The van der Waals surface area contributed by atoms with Gasteiger partial charge in [-0.05, 0) is 69.9 Å². The standard InChI is InChI=1S/C43H52N8O7S/c1-26-5-7-30(8-6-26)40-39-27(2)28(3)59-43(39)51-29(4)48-49-41(51)35(47-40)25-37(53)44-14-18-57-20-22-58-21-19-56-17-13-36(52)45-33-11-15-50(16-12-33)42(55)31-9-10-34-32(23-31)24-38(54)46-34/h5-10,23,33,35H,11-22,24-25H2,1-4H3,(H,44,53)(H,45,52)(H,46,54)/t35-/m0/s1. The summed E-state index contributed by atoms with van der Waals surface area (Å²) in [7, 11) is 0. The SMILES string of the molecule is Cc1ccc(C2=N[C@@H](CC(=O)NCCOCCOCCOCCC(=O)NC3CCN(C(=O)c4ccc5c(c4)CC(=O)N5)CC3)c3nnc(C)n3-c3sc(C)c(C)c32)cc1. The summed E-state index contributed by atoms with van der Waals surface area (Å²) >= 11 is 1.69. The van der Waals surface area contributed by atoms with E-state index in [1.165, 1.54) is 4.88 Å². The number of hydrogen-bond acceptors (Lipinski definition) is 11. The number of nitrogens with one attached hydrogen (secondary N) is 3. The van der Waals surface area contributed by atoms with Crippen molar-refractivity contribution in [2.75, 3.05) is 64.6 Å². The molecular formula is C43H52N8O7S. The number of carbonyl (C=O) groups is 4. The van der Waals surface area contributed by atoms with Crippen LogP contribution >= 0.6 is 11.3 Å². The van der Waals surface area contributed by atoms with Crippen LogP contribution in [0.1, 0.15) is 86.4 Å². The first-order valence-electron chi connectivity index (χ1n) is 20.2. The quantitative estimate of drug-likeness (QED) is 0.131. The van der Waals surface area contributed by atoms with Crippen LogP contribution in [0.5, 0.6) is 0 Å². The largest absolute Gasteiger partial charge is 0.379 e. The zero-order valence-electron chi connectivity index (χ0n) is 34.1. The van der Waals surface area contributed by atoms with Crippen LogP contribution in [0.15, 0.2) is 47.5 Å². The Balaban J connectivity index is 0.744. The fraction of sp³-hybridized carbons (Fsp3) is 0.465. The first-order chi connectivity index (χ1) is 28.5. The molecule has 7 rings (SSSR count). The molecule has 1 atom stereocenters. The molecule has 0 saturated carbocycles. The monoisotopic (exact) mass is 824 g/mol. The Morgan fingerprint density at radius 1 is 0.881 bits per heavy atom. The number of nitrogens with zero attached hydrogens (tertiary/aromatic N) is 5. The number of rotatable bonds is 17. The van der Waals surface area contributed by atoms with Crippen molar-refractivity contribution in [1.29, 1.82) is 0 Å². The number of aromatic nitrogens is 3. The van der Waals surface area contributed by atoms with E-state index in [-0.39, 0.29) is 49.1 Å². The average molecular weight is 825 g/mol. The Kier molecular flexibility index (Phi) is 13.6. The van der Waals surface area contributed by atoms with E-state index in [1.807, 2.05) is 11.5 Å². The van der Waals surface area contributed by atoms with Gasteiger partial charge in [-0.25, -0.2) is 0 Å². The van der Waals surface area contributed by atoms with Gasteiger partial charge in [0.2, 0.25) is 17.7 Å².